The molecule has 0 aromatic heterocycles. The Labute approximate surface area is 724 Å². The third-order valence-corrected chi connectivity index (χ3v) is 20.3. The molecule has 51 heteroatoms. The molecule has 4 aliphatic rings. The number of carbonyl (C=O) groups excluding carboxylic acids is 14. The van der Waals surface area contributed by atoms with Gasteiger partial charge in [-0.15, -0.1) is 0 Å². The van der Waals surface area contributed by atoms with E-state index < -0.39 is 330 Å². The molecule has 4 fully saturated rings. The Morgan fingerprint density at radius 3 is 1.05 bits per heavy atom. The number of allylic oxidation sites excluding steroid dienone is 1. The van der Waals surface area contributed by atoms with E-state index in [1.165, 1.54) is 40.7 Å². The van der Waals surface area contributed by atoms with Crippen molar-refractivity contribution in [2.24, 2.45) is 22.9 Å². The minimum atomic E-state index is -2.23. The van der Waals surface area contributed by atoms with Crippen LogP contribution in [0.2, 0.25) is 0 Å². The summed E-state index contributed by atoms with van der Waals surface area (Å²) in [5.41, 5.74) is 22.5. The Morgan fingerprint density at radius 1 is 0.373 bits per heavy atom. The molecule has 4 saturated heterocycles. The molecule has 716 valence electrons. The predicted molar refractivity (Wildman–Crippen MR) is 427 cm³/mol. The van der Waals surface area contributed by atoms with Crippen molar-refractivity contribution in [2.75, 3.05) is 39.5 Å². The number of aliphatic carboxylic acids is 2. The van der Waals surface area contributed by atoms with Crippen molar-refractivity contribution in [3.8, 4) is 0 Å². The summed E-state index contributed by atoms with van der Waals surface area (Å²) in [6.45, 7) is 8.66. The molecule has 0 bridgehead atoms. The Balaban J connectivity index is 1.74. The van der Waals surface area contributed by atoms with Gasteiger partial charge in [0.15, 0.2) is 18.9 Å². The number of carboxylic acids is 2. The standard InChI is InChI=1S/C75H126N16O35/c1-12-25-117-72-52(86-38(10)98)60(118-34(6)66(109)80-30(2)64(107)90-40(62(78)105)19-21-48(100)88-42(17-13-15-23-76)68(111)82-32(4)70(113)114)58(46(28-94)121-72)126-74-51(85-37(9)97)56(104)57(45(27-93)122-74)124-75-53(87-39(11)99)61(59(47(29-95)123-75)125-73-50(84-36(8)96)55(103)54(102)44(26-92)120-73)119-35(7)67(110)81-31(3)65(108)91-41(63(79)106)20-22-49(101)89-43(18-14-16-24-77)69(112)83-33(5)71(115)116/h12,25,30-35,40-47,50-61,72-75,92-95,102-104H,13-24,26-29,76-77H2,1-11H3,(H2,78,105)(H2,79,106)(H,80,109)(H,81,110)(H,82,111)(H,83,112)(H,84,96)(H,85,97)(H,86,98)(H,87,99)(H,88,100)(H,89,101)(H,90,107)(H,91,108)(H,113,114)(H,115,116)/b25-12+/t30-,31-,32+,33+,34+,35+,40+,41+,42-,43-,44+,45+,46+,47+,50+,51+,52+,53+,54+,55+,56+,57+,58+,59+,60+,61+,72?,73-,74-,75-/m0/s1. The van der Waals surface area contributed by atoms with Gasteiger partial charge in [-0.1, -0.05) is 6.08 Å². The molecule has 126 heavy (non-hydrogen) atoms. The number of carboxylic acid groups (broad SMARTS) is 2. The van der Waals surface area contributed by atoms with Crippen LogP contribution in [0.15, 0.2) is 12.3 Å². The molecule has 30 atom stereocenters. The van der Waals surface area contributed by atoms with Gasteiger partial charge in [0, 0.05) is 40.5 Å². The largest absolute Gasteiger partial charge is 0.480 e. The molecule has 0 aliphatic carbocycles. The number of amides is 14. The second-order valence-electron chi connectivity index (χ2n) is 30.6. The molecule has 0 saturated carbocycles. The van der Waals surface area contributed by atoms with E-state index in [9.17, 15) is 123 Å². The number of carbonyl (C=O) groups is 16. The van der Waals surface area contributed by atoms with Gasteiger partial charge >= 0.3 is 11.9 Å². The molecule has 0 aromatic carbocycles. The van der Waals surface area contributed by atoms with Gasteiger partial charge in [-0.25, -0.2) is 0 Å². The van der Waals surface area contributed by atoms with Crippen molar-refractivity contribution in [3.63, 3.8) is 0 Å². The maximum atomic E-state index is 14.5. The van der Waals surface area contributed by atoms with E-state index in [2.05, 4.69) is 63.8 Å². The Hall–Kier alpha value is -9.66. The SMILES string of the molecule is C/C=C/OC1O[C@H](CO)[C@@H](O[C@@H]2O[C@H](CO)[C@@H](O[C@@H]3O[C@H](CO)[C@@H](O[C@@H]4O[C@H](CO)[C@@H](O)[C@H](O)[C@H]4NC(C)=O)[C@H](O[C@H](C)C(=O)N[C@@H](C)C(=O)N[C@H](CCC(=O)N[C@@H](CCCCN)C(=O)N[C@H](C)C(=O)O)C(N)=O)[C@H]3NC(C)=O)[C@H](O)[C@H]2NC(C)=O)[C@H](O[C@H](C)C(=O)N[C@@H](C)C(=O)N[C@H](CCC(=O)N[C@@H](CCCCN)C(=O)N[C@H](C)C(=O)O)C(N)=O)[C@H]1NC(C)=O. The van der Waals surface area contributed by atoms with Crippen LogP contribution in [0.1, 0.15) is 140 Å². The fourth-order valence-corrected chi connectivity index (χ4v) is 13.6. The summed E-state index contributed by atoms with van der Waals surface area (Å²) in [5.74, 6) is -16.2. The number of hydrogen-bond donors (Lipinski definition) is 25. The van der Waals surface area contributed by atoms with Crippen LogP contribution in [0, 0.1) is 0 Å². The smallest absolute Gasteiger partial charge is 0.325 e. The number of aliphatic hydroxyl groups is 7. The minimum absolute atomic E-state index is 0.0360. The first kappa shape index (κ1) is 109. The average molecular weight is 1810 g/mol. The summed E-state index contributed by atoms with van der Waals surface area (Å²) < 4.78 is 62.7. The van der Waals surface area contributed by atoms with Crippen molar-refractivity contribution in [1.82, 2.24) is 63.8 Å². The molecule has 0 radical (unpaired) electrons. The summed E-state index contributed by atoms with van der Waals surface area (Å²) in [7, 11) is 0. The highest BCUT2D eigenvalue weighted by atomic mass is 16.8. The lowest BCUT2D eigenvalue weighted by atomic mass is 9.92. The molecular formula is C75H126N16O35. The van der Waals surface area contributed by atoms with Crippen LogP contribution >= 0.6 is 0 Å². The van der Waals surface area contributed by atoms with Gasteiger partial charge in [0.2, 0.25) is 89.0 Å². The van der Waals surface area contributed by atoms with E-state index in [1.807, 2.05) is 0 Å². The Morgan fingerprint density at radius 2 is 0.698 bits per heavy atom. The Bertz CT molecular complexity index is 3690. The van der Waals surface area contributed by atoms with Gasteiger partial charge in [-0.2, -0.15) is 0 Å². The van der Waals surface area contributed by atoms with E-state index >= 15 is 0 Å². The second-order valence-corrected chi connectivity index (χ2v) is 30.6. The van der Waals surface area contributed by atoms with Gasteiger partial charge < -0.3 is 180 Å². The monoisotopic (exact) mass is 1810 g/mol. The topological polar surface area (TPSA) is 796 Å². The third-order valence-electron chi connectivity index (χ3n) is 20.3. The fourth-order valence-electron chi connectivity index (χ4n) is 13.6. The quantitative estimate of drug-likeness (QED) is 0.0199. The molecule has 0 spiro atoms. The van der Waals surface area contributed by atoms with Gasteiger partial charge in [-0.3, -0.25) is 76.7 Å². The molecule has 4 heterocycles. The molecule has 4 rings (SSSR count). The number of primary amides is 2. The van der Waals surface area contributed by atoms with E-state index in [0.29, 0.717) is 25.7 Å². The molecule has 4 aliphatic heterocycles. The number of ether oxygens (including phenoxy) is 10. The average Bonchev–Trinajstić information content (AvgIpc) is 0.650. The zero-order valence-corrected chi connectivity index (χ0v) is 71.7. The zero-order chi connectivity index (χ0) is 94.8. The summed E-state index contributed by atoms with van der Waals surface area (Å²) >= 11 is 0. The predicted octanol–water partition coefficient (Wildman–Crippen LogP) is -11.9. The highest BCUT2D eigenvalue weighted by molar-refractivity contribution is 5.95. The van der Waals surface area contributed by atoms with E-state index in [4.69, 9.17) is 70.3 Å². The number of nitrogens with one attached hydrogen (secondary N) is 12. The van der Waals surface area contributed by atoms with E-state index in [-0.39, 0.29) is 25.9 Å². The van der Waals surface area contributed by atoms with Crippen LogP contribution in [0.25, 0.3) is 0 Å². The zero-order valence-electron chi connectivity index (χ0n) is 71.7. The van der Waals surface area contributed by atoms with Gasteiger partial charge in [0.05, 0.1) is 32.7 Å². The van der Waals surface area contributed by atoms with E-state index in [0.717, 1.165) is 47.8 Å². The van der Waals surface area contributed by atoms with Crippen molar-refractivity contribution in [1.29, 1.82) is 0 Å². The lowest BCUT2D eigenvalue weighted by molar-refractivity contribution is -0.366. The third kappa shape index (κ3) is 33.2. The van der Waals surface area contributed by atoms with Crippen LogP contribution in [0.4, 0.5) is 0 Å². The normalized spacial score (nSPS) is 28.3. The van der Waals surface area contributed by atoms with Crippen molar-refractivity contribution >= 4 is 94.6 Å². The van der Waals surface area contributed by atoms with Gasteiger partial charge in [0.25, 0.3) is 0 Å². The first-order valence-corrected chi connectivity index (χ1v) is 40.9. The molecule has 14 amide bonds. The number of hydrogen-bond acceptors (Lipinski definition) is 35. The molecule has 0 aromatic rings. The first-order valence-electron chi connectivity index (χ1n) is 40.9. The van der Waals surface area contributed by atoms with E-state index in [1.54, 1.807) is 0 Å². The molecule has 1 unspecified atom stereocenters. The van der Waals surface area contributed by atoms with Gasteiger partial charge in [0.1, 0.15) is 158 Å². The second kappa shape index (κ2) is 53.2. The molecule has 29 N–H and O–H groups in total. The van der Waals surface area contributed by atoms with Crippen LogP contribution in [-0.4, -0.2) is 363 Å². The minimum Gasteiger partial charge on any atom is -0.480 e. The van der Waals surface area contributed by atoms with Crippen LogP contribution < -0.4 is 86.7 Å². The van der Waals surface area contributed by atoms with Crippen LogP contribution in [0.5, 0.6) is 0 Å². The maximum Gasteiger partial charge on any atom is 0.325 e. The van der Waals surface area contributed by atoms with Crippen molar-refractivity contribution < 1.29 is 170 Å². The van der Waals surface area contributed by atoms with Crippen LogP contribution in [-0.2, 0) is 124 Å². The highest BCUT2D eigenvalue weighted by Crippen LogP contribution is 2.37. The first-order chi connectivity index (χ1) is 59.3. The van der Waals surface area contributed by atoms with Crippen molar-refractivity contribution in [3.05, 3.63) is 12.3 Å². The summed E-state index contributed by atoms with van der Waals surface area (Å²) in [4.78, 5) is 210. The number of unbranched alkanes of at least 4 members (excludes halogenated alkanes) is 2. The molecular weight excluding hydrogens is 1680 g/mol. The Kier molecular flexibility index (Phi) is 45.9. The maximum absolute atomic E-state index is 14.5. The lowest BCUT2D eigenvalue weighted by Gasteiger charge is -2.52. The fraction of sp³-hybridized carbons (Fsp3) is 0.760. The number of nitrogens with two attached hydrogens (primary N) is 4. The lowest BCUT2D eigenvalue weighted by Crippen LogP contribution is -2.72. The summed E-state index contributed by atoms with van der Waals surface area (Å²) in [5, 5.41) is 127. The summed E-state index contributed by atoms with van der Waals surface area (Å²) in [6.07, 6.45) is -32.2. The summed E-state index contributed by atoms with van der Waals surface area (Å²) in [6, 6.07) is -18.7. The molecule has 51 nitrogen and oxygen atoms in total. The highest BCUT2D eigenvalue weighted by Gasteiger charge is 2.58. The van der Waals surface area contributed by atoms with Gasteiger partial charge in [-0.05, 0) is 113 Å². The number of rotatable bonds is 52. The number of aliphatic hydroxyl groups excluding tert-OH is 7. The van der Waals surface area contributed by atoms with Crippen LogP contribution in [0.3, 0.4) is 0 Å². The van der Waals surface area contributed by atoms with Crippen molar-refractivity contribution in [2.45, 2.75) is 323 Å².